The third-order valence-corrected chi connectivity index (χ3v) is 11.1. The van der Waals surface area contributed by atoms with Gasteiger partial charge in [-0.2, -0.15) is 0 Å². The fourth-order valence-electron chi connectivity index (χ4n) is 8.29. The molecule has 0 heterocycles. The Morgan fingerprint density at radius 1 is 0.700 bits per heavy atom. The molecule has 3 aliphatic rings. The summed E-state index contributed by atoms with van der Waals surface area (Å²) in [7, 11) is 0. The first kappa shape index (κ1) is 31.6. The van der Waals surface area contributed by atoms with E-state index in [2.05, 4.69) is 13.8 Å². The maximum absolute atomic E-state index is 14.9. The fourth-order valence-corrected chi connectivity index (χ4v) is 8.29. The van der Waals surface area contributed by atoms with Gasteiger partial charge in [-0.15, -0.1) is 0 Å². The molecule has 0 unspecified atom stereocenters. The second kappa shape index (κ2) is 16.9. The number of halogens is 1. The zero-order valence-electron chi connectivity index (χ0n) is 25.9. The Morgan fingerprint density at radius 3 is 1.73 bits per heavy atom. The Labute approximate surface area is 245 Å². The molecule has 226 valence electrons. The molecular weight excluding hydrogens is 495 g/mol. The summed E-state index contributed by atoms with van der Waals surface area (Å²) in [4.78, 5) is 12.9. The molecule has 3 heteroatoms. The van der Waals surface area contributed by atoms with Gasteiger partial charge < -0.3 is 4.74 Å². The first-order valence-electron chi connectivity index (χ1n) is 17.6. The van der Waals surface area contributed by atoms with Gasteiger partial charge in [0.05, 0.1) is 5.92 Å². The normalized spacial score (nSPS) is 29.3. The lowest BCUT2D eigenvalue weighted by Crippen LogP contribution is -2.30. The lowest BCUT2D eigenvalue weighted by Gasteiger charge is -2.37. The number of esters is 1. The zero-order chi connectivity index (χ0) is 28.2. The van der Waals surface area contributed by atoms with E-state index in [0.717, 1.165) is 73.7 Å². The molecule has 0 N–H and O–H groups in total. The molecule has 0 saturated heterocycles. The minimum Gasteiger partial charge on any atom is -0.423 e. The third-order valence-electron chi connectivity index (χ3n) is 11.1. The topological polar surface area (TPSA) is 26.3 Å². The highest BCUT2D eigenvalue weighted by atomic mass is 19.1. The molecule has 3 saturated carbocycles. The van der Waals surface area contributed by atoms with Crippen molar-refractivity contribution in [1.29, 1.82) is 0 Å². The number of benzene rings is 1. The van der Waals surface area contributed by atoms with E-state index in [1.165, 1.54) is 103 Å². The third kappa shape index (κ3) is 9.87. The molecule has 0 aromatic heterocycles. The molecular formula is C37H59FO2. The second-order valence-electron chi connectivity index (χ2n) is 14.0. The molecule has 3 aliphatic carbocycles. The van der Waals surface area contributed by atoms with Crippen LogP contribution in [0.2, 0.25) is 0 Å². The second-order valence-corrected chi connectivity index (χ2v) is 14.0. The monoisotopic (exact) mass is 554 g/mol. The summed E-state index contributed by atoms with van der Waals surface area (Å²) >= 11 is 0. The van der Waals surface area contributed by atoms with Crippen LogP contribution in [-0.4, -0.2) is 5.97 Å². The van der Waals surface area contributed by atoms with Crippen LogP contribution in [0, 0.1) is 41.3 Å². The highest BCUT2D eigenvalue weighted by molar-refractivity contribution is 5.75. The lowest BCUT2D eigenvalue weighted by atomic mass is 9.68. The molecule has 0 aliphatic heterocycles. The molecule has 0 spiro atoms. The number of carbonyl (C=O) groups is 1. The van der Waals surface area contributed by atoms with Crippen molar-refractivity contribution in [2.45, 2.75) is 155 Å². The van der Waals surface area contributed by atoms with Gasteiger partial charge in [0.15, 0.2) is 11.6 Å². The quantitative estimate of drug-likeness (QED) is 0.130. The fraction of sp³-hybridized carbons (Fsp3) is 0.811. The van der Waals surface area contributed by atoms with Crippen LogP contribution in [0.1, 0.15) is 154 Å². The summed E-state index contributed by atoms with van der Waals surface area (Å²) in [5.74, 6) is 3.73. The van der Waals surface area contributed by atoms with E-state index >= 15 is 0 Å². The van der Waals surface area contributed by atoms with Gasteiger partial charge in [-0.05, 0) is 98.7 Å². The SMILES string of the molecule is CCCCCC1CCC(CCc2ccc(OC(=O)C3CCC(C4CCC(CCCCC)CC4)CC3)c(F)c2)CC1. The van der Waals surface area contributed by atoms with Crippen molar-refractivity contribution in [2.75, 3.05) is 0 Å². The molecule has 40 heavy (non-hydrogen) atoms. The van der Waals surface area contributed by atoms with E-state index in [1.54, 1.807) is 12.1 Å². The molecule has 2 nitrogen and oxygen atoms in total. The molecule has 3 fully saturated rings. The number of rotatable bonds is 14. The highest BCUT2D eigenvalue weighted by Crippen LogP contribution is 2.43. The number of hydrogen-bond donors (Lipinski definition) is 0. The van der Waals surface area contributed by atoms with Gasteiger partial charge in [0.25, 0.3) is 0 Å². The van der Waals surface area contributed by atoms with E-state index in [9.17, 15) is 9.18 Å². The maximum atomic E-state index is 14.9. The first-order valence-corrected chi connectivity index (χ1v) is 17.6. The van der Waals surface area contributed by atoms with Gasteiger partial charge in [0.1, 0.15) is 0 Å². The van der Waals surface area contributed by atoms with Crippen LogP contribution >= 0.6 is 0 Å². The predicted octanol–water partition coefficient (Wildman–Crippen LogP) is 11.2. The van der Waals surface area contributed by atoms with Crippen molar-refractivity contribution in [3.63, 3.8) is 0 Å². The van der Waals surface area contributed by atoms with Crippen molar-refractivity contribution in [2.24, 2.45) is 35.5 Å². The molecule has 1 aromatic carbocycles. The van der Waals surface area contributed by atoms with Gasteiger partial charge in [-0.25, -0.2) is 4.39 Å². The van der Waals surface area contributed by atoms with E-state index in [-0.39, 0.29) is 23.5 Å². The largest absolute Gasteiger partial charge is 0.423 e. The van der Waals surface area contributed by atoms with E-state index in [4.69, 9.17) is 4.74 Å². The maximum Gasteiger partial charge on any atom is 0.314 e. The van der Waals surface area contributed by atoms with E-state index in [1.807, 2.05) is 6.07 Å². The van der Waals surface area contributed by atoms with Crippen molar-refractivity contribution >= 4 is 5.97 Å². The minimum atomic E-state index is -0.380. The van der Waals surface area contributed by atoms with Gasteiger partial charge in [0, 0.05) is 0 Å². The molecule has 0 amide bonds. The van der Waals surface area contributed by atoms with Crippen LogP contribution in [0.25, 0.3) is 0 Å². The number of unbranched alkanes of at least 4 members (excludes halogenated alkanes) is 4. The summed E-state index contributed by atoms with van der Waals surface area (Å²) < 4.78 is 20.5. The van der Waals surface area contributed by atoms with Crippen LogP contribution in [0.3, 0.4) is 0 Å². The van der Waals surface area contributed by atoms with Crippen LogP contribution < -0.4 is 4.74 Å². The van der Waals surface area contributed by atoms with E-state index < -0.39 is 0 Å². The Bertz CT molecular complexity index is 857. The smallest absolute Gasteiger partial charge is 0.314 e. The molecule has 4 rings (SSSR count). The first-order chi connectivity index (χ1) is 19.6. The summed E-state index contributed by atoms with van der Waals surface area (Å²) in [6, 6.07) is 5.27. The van der Waals surface area contributed by atoms with Crippen LogP contribution in [-0.2, 0) is 11.2 Å². The highest BCUT2D eigenvalue weighted by Gasteiger charge is 2.34. The standard InChI is InChI=1S/C37H59FO2/c1-3-5-7-9-28-11-13-30(14-12-28)15-16-31-19-26-36(35(38)27-31)40-37(39)34-24-22-33(23-25-34)32-20-17-29(18-21-32)10-8-6-4-2/h19,26-30,32-34H,3-18,20-25H2,1-2H3. The predicted molar refractivity (Wildman–Crippen MR) is 165 cm³/mol. The summed E-state index contributed by atoms with van der Waals surface area (Å²) in [6.07, 6.45) is 28.1. The minimum absolute atomic E-state index is 0.0715. The average Bonchev–Trinajstić information content (AvgIpc) is 2.99. The number of ether oxygens (including phenoxy) is 1. The van der Waals surface area contributed by atoms with Crippen molar-refractivity contribution < 1.29 is 13.9 Å². The Balaban J connectivity index is 1.13. The van der Waals surface area contributed by atoms with Gasteiger partial charge in [0.2, 0.25) is 0 Å². The van der Waals surface area contributed by atoms with Crippen molar-refractivity contribution in [3.8, 4) is 5.75 Å². The van der Waals surface area contributed by atoms with Crippen molar-refractivity contribution in [1.82, 2.24) is 0 Å². The van der Waals surface area contributed by atoms with Gasteiger partial charge >= 0.3 is 5.97 Å². The Kier molecular flexibility index (Phi) is 13.3. The van der Waals surface area contributed by atoms with E-state index in [0.29, 0.717) is 0 Å². The molecule has 0 radical (unpaired) electrons. The summed E-state index contributed by atoms with van der Waals surface area (Å²) in [5.41, 5.74) is 1.03. The van der Waals surface area contributed by atoms with Crippen LogP contribution in [0.15, 0.2) is 18.2 Å². The number of hydrogen-bond acceptors (Lipinski definition) is 2. The zero-order valence-corrected chi connectivity index (χ0v) is 25.9. The Hall–Kier alpha value is -1.38. The van der Waals surface area contributed by atoms with Crippen LogP contribution in [0.4, 0.5) is 4.39 Å². The average molecular weight is 555 g/mol. The molecule has 0 bridgehead atoms. The van der Waals surface area contributed by atoms with Gasteiger partial charge in [-0.3, -0.25) is 4.79 Å². The van der Waals surface area contributed by atoms with Crippen molar-refractivity contribution in [3.05, 3.63) is 29.6 Å². The summed E-state index contributed by atoms with van der Waals surface area (Å²) in [6.45, 7) is 4.57. The van der Waals surface area contributed by atoms with Crippen LogP contribution in [0.5, 0.6) is 5.75 Å². The molecule has 0 atom stereocenters. The van der Waals surface area contributed by atoms with Gasteiger partial charge in [-0.1, -0.05) is 110 Å². The molecule has 1 aromatic rings. The summed E-state index contributed by atoms with van der Waals surface area (Å²) in [5, 5.41) is 0. The Morgan fingerprint density at radius 2 is 1.20 bits per heavy atom. The lowest BCUT2D eigenvalue weighted by molar-refractivity contribution is -0.140. The number of carbonyl (C=O) groups excluding carboxylic acids is 1. The number of aryl methyl sites for hydroxylation is 1.